The molecule has 0 unspecified atom stereocenters. The van der Waals surface area contributed by atoms with Crippen molar-refractivity contribution in [2.75, 3.05) is 16.8 Å². The van der Waals surface area contributed by atoms with Crippen LogP contribution >= 0.6 is 11.6 Å². The summed E-state index contributed by atoms with van der Waals surface area (Å²) in [4.78, 5) is 21.7. The smallest absolute Gasteiger partial charge is 0.337 e. The summed E-state index contributed by atoms with van der Waals surface area (Å²) in [7, 11) is 0. The van der Waals surface area contributed by atoms with Gasteiger partial charge in [0.15, 0.2) is 0 Å². The molecule has 7 heteroatoms. The van der Waals surface area contributed by atoms with E-state index in [-0.39, 0.29) is 16.8 Å². The Bertz CT molecular complexity index is 696. The highest BCUT2D eigenvalue weighted by Crippen LogP contribution is 2.29. The summed E-state index contributed by atoms with van der Waals surface area (Å²) in [5, 5.41) is 12.7. The largest absolute Gasteiger partial charge is 0.478 e. The van der Waals surface area contributed by atoms with Crippen molar-refractivity contribution >= 4 is 29.2 Å². The standard InChI is InChI=1S/C16H17ClN4O2/c17-13-10-11(5-6-12(13)15(22)23)21-9-2-1-4-14(21)20-16-18-7-3-8-19-16/h3,5-8,10,14H,1-2,4,9H2,(H,22,23)(H,18,19,20)/t14-/m0/s1. The Kier molecular flexibility index (Phi) is 4.62. The van der Waals surface area contributed by atoms with E-state index in [0.717, 1.165) is 31.5 Å². The van der Waals surface area contributed by atoms with E-state index in [1.165, 1.54) is 0 Å². The van der Waals surface area contributed by atoms with Gasteiger partial charge in [-0.05, 0) is 43.5 Å². The second-order valence-corrected chi connectivity index (χ2v) is 5.80. The fraction of sp³-hybridized carbons (Fsp3) is 0.312. The third kappa shape index (κ3) is 3.53. The molecular formula is C16H17ClN4O2. The lowest BCUT2D eigenvalue weighted by molar-refractivity contribution is 0.0697. The van der Waals surface area contributed by atoms with Gasteiger partial charge in [0.2, 0.25) is 5.95 Å². The fourth-order valence-electron chi connectivity index (χ4n) is 2.77. The molecule has 0 bridgehead atoms. The number of nitrogens with one attached hydrogen (secondary N) is 1. The third-order valence-electron chi connectivity index (χ3n) is 3.88. The number of carboxylic acid groups (broad SMARTS) is 1. The molecule has 2 heterocycles. The molecule has 2 N–H and O–H groups in total. The van der Waals surface area contributed by atoms with Gasteiger partial charge in [0.1, 0.15) is 6.17 Å². The number of rotatable bonds is 4. The van der Waals surface area contributed by atoms with Crippen LogP contribution in [0.25, 0.3) is 0 Å². The summed E-state index contributed by atoms with van der Waals surface area (Å²) in [6, 6.07) is 6.82. The average Bonchev–Trinajstić information content (AvgIpc) is 2.56. The van der Waals surface area contributed by atoms with E-state index in [4.69, 9.17) is 16.7 Å². The van der Waals surface area contributed by atoms with Gasteiger partial charge in [-0.3, -0.25) is 0 Å². The lowest BCUT2D eigenvalue weighted by atomic mass is 10.1. The minimum atomic E-state index is -1.02. The van der Waals surface area contributed by atoms with Crippen molar-refractivity contribution in [3.63, 3.8) is 0 Å². The van der Waals surface area contributed by atoms with Gasteiger partial charge in [-0.25, -0.2) is 14.8 Å². The molecule has 120 valence electrons. The monoisotopic (exact) mass is 332 g/mol. The van der Waals surface area contributed by atoms with Gasteiger partial charge < -0.3 is 15.3 Å². The lowest BCUT2D eigenvalue weighted by Crippen LogP contribution is -2.45. The van der Waals surface area contributed by atoms with Crippen molar-refractivity contribution in [2.45, 2.75) is 25.4 Å². The molecule has 1 aliphatic heterocycles. The second kappa shape index (κ2) is 6.83. The molecule has 0 spiro atoms. The van der Waals surface area contributed by atoms with E-state index in [1.54, 1.807) is 36.7 Å². The normalized spacial score (nSPS) is 17.8. The number of hydrogen-bond acceptors (Lipinski definition) is 5. The molecule has 0 amide bonds. The Morgan fingerprint density at radius 3 is 2.78 bits per heavy atom. The van der Waals surface area contributed by atoms with Crippen LogP contribution in [-0.2, 0) is 0 Å². The number of aromatic carboxylic acids is 1. The molecule has 1 aliphatic rings. The molecule has 23 heavy (non-hydrogen) atoms. The molecule has 2 aromatic rings. The molecule has 3 rings (SSSR count). The molecule has 0 radical (unpaired) electrons. The van der Waals surface area contributed by atoms with E-state index in [1.807, 2.05) is 0 Å². The van der Waals surface area contributed by atoms with Gasteiger partial charge in [-0.1, -0.05) is 11.6 Å². The van der Waals surface area contributed by atoms with Gasteiger partial charge in [0.25, 0.3) is 0 Å². The van der Waals surface area contributed by atoms with Crippen LogP contribution in [0.4, 0.5) is 11.6 Å². The number of hydrogen-bond donors (Lipinski definition) is 2. The van der Waals surface area contributed by atoms with Gasteiger partial charge >= 0.3 is 5.97 Å². The minimum Gasteiger partial charge on any atom is -0.478 e. The van der Waals surface area contributed by atoms with Crippen LogP contribution in [0, 0.1) is 0 Å². The van der Waals surface area contributed by atoms with Gasteiger partial charge in [-0.2, -0.15) is 0 Å². The minimum absolute atomic E-state index is 0.0536. The van der Waals surface area contributed by atoms with Crippen molar-refractivity contribution in [1.29, 1.82) is 0 Å². The average molecular weight is 333 g/mol. The van der Waals surface area contributed by atoms with E-state index in [2.05, 4.69) is 20.2 Å². The summed E-state index contributed by atoms with van der Waals surface area (Å²) in [6.07, 6.45) is 6.59. The highest BCUT2D eigenvalue weighted by atomic mass is 35.5. The zero-order valence-corrected chi connectivity index (χ0v) is 13.2. The highest BCUT2D eigenvalue weighted by molar-refractivity contribution is 6.33. The van der Waals surface area contributed by atoms with Crippen LogP contribution in [0.2, 0.25) is 5.02 Å². The number of benzene rings is 1. The van der Waals surface area contributed by atoms with Gasteiger partial charge in [0.05, 0.1) is 10.6 Å². The summed E-state index contributed by atoms with van der Waals surface area (Å²) >= 11 is 6.10. The third-order valence-corrected chi connectivity index (χ3v) is 4.19. The second-order valence-electron chi connectivity index (χ2n) is 5.39. The van der Waals surface area contributed by atoms with Crippen molar-refractivity contribution in [3.05, 3.63) is 47.2 Å². The first-order valence-corrected chi connectivity index (χ1v) is 7.86. The fourth-order valence-corrected chi connectivity index (χ4v) is 3.03. The number of piperidine rings is 1. The van der Waals surface area contributed by atoms with Crippen LogP contribution in [0.5, 0.6) is 0 Å². The first kappa shape index (κ1) is 15.6. The van der Waals surface area contributed by atoms with E-state index in [0.29, 0.717) is 5.95 Å². The Labute approximate surface area is 139 Å². The van der Waals surface area contributed by atoms with Crippen molar-refractivity contribution in [1.82, 2.24) is 9.97 Å². The molecule has 0 aliphatic carbocycles. The first-order valence-electron chi connectivity index (χ1n) is 7.48. The maximum absolute atomic E-state index is 11.1. The predicted molar refractivity (Wildman–Crippen MR) is 89.1 cm³/mol. The van der Waals surface area contributed by atoms with Crippen molar-refractivity contribution < 1.29 is 9.90 Å². The Hall–Kier alpha value is -2.34. The lowest BCUT2D eigenvalue weighted by Gasteiger charge is -2.38. The molecule has 1 atom stereocenters. The number of carbonyl (C=O) groups is 1. The van der Waals surface area contributed by atoms with Crippen LogP contribution in [0.1, 0.15) is 29.6 Å². The van der Waals surface area contributed by atoms with Gasteiger partial charge in [-0.15, -0.1) is 0 Å². The summed E-state index contributed by atoms with van der Waals surface area (Å²) < 4.78 is 0. The first-order chi connectivity index (χ1) is 11.1. The molecular weight excluding hydrogens is 316 g/mol. The molecule has 1 saturated heterocycles. The Morgan fingerprint density at radius 2 is 2.09 bits per heavy atom. The number of nitrogens with zero attached hydrogens (tertiary/aromatic N) is 3. The Morgan fingerprint density at radius 1 is 1.30 bits per heavy atom. The van der Waals surface area contributed by atoms with Crippen LogP contribution in [0.3, 0.4) is 0 Å². The summed E-state index contributed by atoms with van der Waals surface area (Å²) in [5.74, 6) is -0.440. The summed E-state index contributed by atoms with van der Waals surface area (Å²) in [6.45, 7) is 0.868. The van der Waals surface area contributed by atoms with E-state index < -0.39 is 5.97 Å². The molecule has 6 nitrogen and oxygen atoms in total. The van der Waals surface area contributed by atoms with Gasteiger partial charge in [0, 0.05) is 24.6 Å². The molecule has 1 fully saturated rings. The topological polar surface area (TPSA) is 78.4 Å². The van der Waals surface area contributed by atoms with E-state index >= 15 is 0 Å². The Balaban J connectivity index is 1.84. The molecule has 1 aromatic carbocycles. The highest BCUT2D eigenvalue weighted by Gasteiger charge is 2.24. The van der Waals surface area contributed by atoms with Crippen LogP contribution < -0.4 is 10.2 Å². The quantitative estimate of drug-likeness (QED) is 0.894. The van der Waals surface area contributed by atoms with Crippen LogP contribution in [0.15, 0.2) is 36.7 Å². The SMILES string of the molecule is O=C(O)c1ccc(N2CCCC[C@H]2Nc2ncccn2)cc1Cl. The number of anilines is 2. The maximum atomic E-state index is 11.1. The van der Waals surface area contributed by atoms with Crippen molar-refractivity contribution in [3.8, 4) is 0 Å². The van der Waals surface area contributed by atoms with Crippen LogP contribution in [-0.4, -0.2) is 33.8 Å². The zero-order chi connectivity index (χ0) is 16.2. The predicted octanol–water partition coefficient (Wildman–Crippen LogP) is 3.26. The van der Waals surface area contributed by atoms with Crippen molar-refractivity contribution in [2.24, 2.45) is 0 Å². The number of carboxylic acids is 1. The maximum Gasteiger partial charge on any atom is 0.337 e. The molecule has 1 aromatic heterocycles. The summed E-state index contributed by atoms with van der Waals surface area (Å²) in [5.41, 5.74) is 1.01. The zero-order valence-electron chi connectivity index (χ0n) is 12.4. The molecule has 0 saturated carbocycles. The number of aromatic nitrogens is 2. The number of halogens is 1. The van der Waals surface area contributed by atoms with E-state index in [9.17, 15) is 4.79 Å².